The van der Waals surface area contributed by atoms with E-state index in [0.29, 0.717) is 39.5 Å². The average Bonchev–Trinajstić information content (AvgIpc) is 2.94. The number of nitrogens with one attached hydrogen (secondary N) is 1. The molecule has 9 atom stereocenters. The summed E-state index contributed by atoms with van der Waals surface area (Å²) >= 11 is 0. The van der Waals surface area contributed by atoms with Crippen LogP contribution in [0, 0.1) is 0 Å². The Kier molecular flexibility index (Phi) is 19.9. The van der Waals surface area contributed by atoms with Crippen LogP contribution in [-0.2, 0) is 33.2 Å². The van der Waals surface area contributed by atoms with Crippen LogP contribution in [0.15, 0.2) is 5.11 Å². The number of aliphatic hydroxyl groups is 7. The third-order valence-electron chi connectivity index (χ3n) is 5.86. The molecule has 3 unspecified atom stereocenters. The molecule has 0 aromatic heterocycles. The van der Waals surface area contributed by atoms with E-state index < -0.39 is 74.4 Å². The van der Waals surface area contributed by atoms with Gasteiger partial charge in [-0.1, -0.05) is 5.11 Å². The molecule has 0 spiro atoms. The van der Waals surface area contributed by atoms with Gasteiger partial charge in [-0.25, -0.2) is 0 Å². The van der Waals surface area contributed by atoms with Crippen LogP contribution in [-0.4, -0.2) is 163 Å². The van der Waals surface area contributed by atoms with Gasteiger partial charge in [0, 0.05) is 38.2 Å². The van der Waals surface area contributed by atoms with Crippen LogP contribution in [0.2, 0.25) is 0 Å². The average molecular weight is 601 g/mol. The first kappa shape index (κ1) is 37.3. The maximum Gasteiger partial charge on any atom is 0.217 e. The molecule has 0 bridgehead atoms. The number of hydrogen-bond donors (Lipinski definition) is 8. The van der Waals surface area contributed by atoms with E-state index in [1.807, 2.05) is 0 Å². The van der Waals surface area contributed by atoms with Crippen molar-refractivity contribution in [2.75, 3.05) is 66.0 Å². The van der Waals surface area contributed by atoms with Gasteiger partial charge in [0.2, 0.25) is 5.91 Å². The van der Waals surface area contributed by atoms with Crippen LogP contribution in [0.4, 0.5) is 0 Å². The highest BCUT2D eigenvalue weighted by molar-refractivity contribution is 5.73. The highest BCUT2D eigenvalue weighted by atomic mass is 16.7. The number of carbonyl (C=O) groups excluding carboxylic acids is 1. The summed E-state index contributed by atoms with van der Waals surface area (Å²) in [6.07, 6.45) is -12.7. The normalized spacial score (nSPS) is 25.6. The lowest BCUT2D eigenvalue weighted by molar-refractivity contribution is -0.306. The van der Waals surface area contributed by atoms with Crippen molar-refractivity contribution in [3.63, 3.8) is 0 Å². The van der Waals surface area contributed by atoms with Gasteiger partial charge in [0.05, 0.1) is 45.7 Å². The van der Waals surface area contributed by atoms with Gasteiger partial charge in [-0.15, -0.1) is 0 Å². The van der Waals surface area contributed by atoms with Gasteiger partial charge in [0.1, 0.15) is 36.6 Å². The molecular weight excluding hydrogens is 556 g/mol. The van der Waals surface area contributed by atoms with Crippen molar-refractivity contribution < 1.29 is 69.0 Å². The minimum absolute atomic E-state index is 0.0621. The Morgan fingerprint density at radius 1 is 1.02 bits per heavy atom. The molecule has 1 amide bonds. The Balaban J connectivity index is 2.51. The minimum Gasteiger partial charge on any atom is -0.396 e. The number of rotatable bonds is 23. The van der Waals surface area contributed by atoms with Crippen molar-refractivity contribution in [2.24, 2.45) is 5.11 Å². The zero-order valence-corrected chi connectivity index (χ0v) is 23.0. The van der Waals surface area contributed by atoms with Gasteiger partial charge in [-0.05, 0) is 18.4 Å². The molecule has 240 valence electrons. The minimum atomic E-state index is -2.08. The second-order valence-electron chi connectivity index (χ2n) is 9.01. The van der Waals surface area contributed by atoms with Gasteiger partial charge in [0.25, 0.3) is 0 Å². The molecule has 0 aliphatic carbocycles. The number of nitrogens with zero attached hydrogens (tertiary/aromatic N) is 3. The van der Waals surface area contributed by atoms with Crippen molar-refractivity contribution in [3.8, 4) is 0 Å². The molecule has 41 heavy (non-hydrogen) atoms. The zero-order valence-electron chi connectivity index (χ0n) is 23.0. The third kappa shape index (κ3) is 14.3. The summed E-state index contributed by atoms with van der Waals surface area (Å²) in [4.78, 5) is 14.0. The SMILES string of the molecule is CC(=O)NC1[C@H](O)OC(CO)[C@@H](O[C@H](O)C(O)[C@@H](OCCOCCCOCCOCCN=[N+]=[N-])[C@H](O)CCO)[C@@H]1O. The van der Waals surface area contributed by atoms with Crippen LogP contribution in [0.3, 0.4) is 0 Å². The summed E-state index contributed by atoms with van der Waals surface area (Å²) in [6, 6.07) is -1.36. The standard InChI is InChI=1S/C23H44N4O14/c1-14(30)26-17-18(32)21(16(13-29)40-22(17)34)41-23(35)19(33)20(15(31)3-5-28)39-12-11-37-7-2-6-36-9-10-38-8-4-25-27-24/h15-23,28-29,31-35H,2-13H2,1H3,(H,26,30)/t15-,16?,17?,18-,19?,20+,21-,22-,23+/m1/s1. The molecule has 8 N–H and O–H groups in total. The molecule has 0 radical (unpaired) electrons. The number of hydrogen-bond acceptors (Lipinski definition) is 15. The summed E-state index contributed by atoms with van der Waals surface area (Å²) in [7, 11) is 0. The first-order valence-corrected chi connectivity index (χ1v) is 13.2. The van der Waals surface area contributed by atoms with E-state index in [1.54, 1.807) is 0 Å². The molecule has 1 heterocycles. The van der Waals surface area contributed by atoms with Gasteiger partial charge in [0.15, 0.2) is 12.6 Å². The topological polar surface area (TPSA) is 275 Å². The van der Waals surface area contributed by atoms with Crippen LogP contribution in [0.5, 0.6) is 0 Å². The van der Waals surface area contributed by atoms with Crippen LogP contribution < -0.4 is 5.32 Å². The number of carbonyl (C=O) groups is 1. The second kappa shape index (κ2) is 21.9. The Hall–Kier alpha value is -1.74. The fourth-order valence-corrected chi connectivity index (χ4v) is 3.86. The first-order valence-electron chi connectivity index (χ1n) is 13.2. The van der Waals surface area contributed by atoms with Crippen molar-refractivity contribution in [1.29, 1.82) is 0 Å². The molecule has 1 saturated heterocycles. The van der Waals surface area contributed by atoms with Crippen LogP contribution in [0.25, 0.3) is 10.4 Å². The van der Waals surface area contributed by atoms with Gasteiger partial charge in [-0.3, -0.25) is 4.79 Å². The van der Waals surface area contributed by atoms with Gasteiger partial charge >= 0.3 is 0 Å². The predicted molar refractivity (Wildman–Crippen MR) is 137 cm³/mol. The van der Waals surface area contributed by atoms with E-state index in [2.05, 4.69) is 15.3 Å². The van der Waals surface area contributed by atoms with E-state index in [9.17, 15) is 40.5 Å². The first-order chi connectivity index (χ1) is 19.7. The van der Waals surface area contributed by atoms with E-state index in [1.165, 1.54) is 0 Å². The lowest BCUT2D eigenvalue weighted by atomic mass is 9.96. The number of amides is 1. The van der Waals surface area contributed by atoms with Gasteiger partial charge < -0.3 is 69.5 Å². The summed E-state index contributed by atoms with van der Waals surface area (Å²) in [6.45, 7) is 1.93. The third-order valence-corrected chi connectivity index (χ3v) is 5.86. The molecule has 0 aromatic rings. The lowest BCUT2D eigenvalue weighted by Crippen LogP contribution is -2.65. The molecule has 0 saturated carbocycles. The Morgan fingerprint density at radius 2 is 1.66 bits per heavy atom. The van der Waals surface area contributed by atoms with Crippen molar-refractivity contribution in [2.45, 2.75) is 75.0 Å². The van der Waals surface area contributed by atoms with Gasteiger partial charge in [-0.2, -0.15) is 0 Å². The quantitative estimate of drug-likeness (QED) is 0.0186. The van der Waals surface area contributed by atoms with Crippen LogP contribution in [0.1, 0.15) is 19.8 Å². The van der Waals surface area contributed by atoms with Crippen molar-refractivity contribution in [1.82, 2.24) is 5.32 Å². The summed E-state index contributed by atoms with van der Waals surface area (Å²) in [5.41, 5.74) is 8.15. The predicted octanol–water partition coefficient (Wildman–Crippen LogP) is -3.50. The highest BCUT2D eigenvalue weighted by Crippen LogP contribution is 2.25. The molecule has 1 aliphatic rings. The second-order valence-corrected chi connectivity index (χ2v) is 9.01. The molecule has 18 heteroatoms. The number of aliphatic hydroxyl groups excluding tert-OH is 7. The smallest absolute Gasteiger partial charge is 0.217 e. The van der Waals surface area contributed by atoms with Crippen molar-refractivity contribution in [3.05, 3.63) is 10.4 Å². The maximum absolute atomic E-state index is 11.4. The number of ether oxygens (including phenoxy) is 6. The van der Waals surface area contributed by atoms with Crippen LogP contribution >= 0.6 is 0 Å². The van der Waals surface area contributed by atoms with E-state index >= 15 is 0 Å². The van der Waals surface area contributed by atoms with E-state index in [0.717, 1.165) is 6.92 Å². The molecule has 1 fully saturated rings. The summed E-state index contributed by atoms with van der Waals surface area (Å²) in [5, 5.41) is 76.7. The molecule has 1 rings (SSSR count). The van der Waals surface area contributed by atoms with E-state index in [4.69, 9.17) is 34.0 Å². The molecule has 18 nitrogen and oxygen atoms in total. The van der Waals surface area contributed by atoms with E-state index in [-0.39, 0.29) is 26.2 Å². The van der Waals surface area contributed by atoms with Crippen molar-refractivity contribution >= 4 is 5.91 Å². The molecule has 0 aromatic carbocycles. The Morgan fingerprint density at radius 3 is 2.24 bits per heavy atom. The monoisotopic (exact) mass is 600 g/mol. The largest absolute Gasteiger partial charge is 0.396 e. The maximum atomic E-state index is 11.4. The Labute approximate surface area is 237 Å². The summed E-state index contributed by atoms with van der Waals surface area (Å²) in [5.74, 6) is -0.598. The lowest BCUT2D eigenvalue weighted by Gasteiger charge is -2.43. The highest BCUT2D eigenvalue weighted by Gasteiger charge is 2.47. The molecular formula is C23H44N4O14. The fraction of sp³-hybridized carbons (Fsp3) is 0.957. The molecule has 1 aliphatic heterocycles. The zero-order chi connectivity index (χ0) is 30.6. The Bertz CT molecular complexity index is 749. The summed E-state index contributed by atoms with van der Waals surface area (Å²) < 4.78 is 32.0. The number of azide groups is 1. The fourth-order valence-electron chi connectivity index (χ4n) is 3.86.